The number of pyridine rings is 1. The minimum absolute atomic E-state index is 0.0433. The molecule has 19 heavy (non-hydrogen) atoms. The molecule has 0 aliphatic heterocycles. The summed E-state index contributed by atoms with van der Waals surface area (Å²) in [5.74, 6) is 2.83. The number of rotatable bonds is 3. The molecule has 0 aromatic carbocycles. The minimum Gasteiger partial charge on any atom is -0.383 e. The Morgan fingerprint density at radius 2 is 1.74 bits per heavy atom. The molecule has 0 bridgehead atoms. The lowest BCUT2D eigenvalue weighted by atomic mass is 9.73. The van der Waals surface area contributed by atoms with Crippen LogP contribution in [0, 0.1) is 24.7 Å². The minimum atomic E-state index is 0.0433. The second kappa shape index (κ2) is 5.91. The lowest BCUT2D eigenvalue weighted by molar-refractivity contribution is 0.203. The highest BCUT2D eigenvalue weighted by atomic mass is 14.8. The van der Waals surface area contributed by atoms with E-state index in [0.717, 1.165) is 17.4 Å². The highest BCUT2D eigenvalue weighted by molar-refractivity contribution is 5.46. The Balaban J connectivity index is 2.07. The van der Waals surface area contributed by atoms with E-state index in [1.807, 2.05) is 6.07 Å². The Labute approximate surface area is 116 Å². The maximum atomic E-state index is 6.47. The van der Waals surface area contributed by atoms with E-state index < -0.39 is 0 Å². The summed E-state index contributed by atoms with van der Waals surface area (Å²) in [7, 11) is 0. The zero-order valence-corrected chi connectivity index (χ0v) is 12.4. The van der Waals surface area contributed by atoms with Crippen molar-refractivity contribution in [3.63, 3.8) is 0 Å². The van der Waals surface area contributed by atoms with Crippen molar-refractivity contribution >= 4 is 5.82 Å². The van der Waals surface area contributed by atoms with Crippen molar-refractivity contribution in [2.24, 2.45) is 23.5 Å². The molecule has 3 nitrogen and oxygen atoms in total. The normalized spacial score (nSPS) is 25.5. The van der Waals surface area contributed by atoms with Crippen LogP contribution in [0.3, 0.4) is 0 Å². The lowest BCUT2D eigenvalue weighted by Gasteiger charge is -2.34. The molecule has 1 saturated carbocycles. The molecule has 1 aliphatic carbocycles. The van der Waals surface area contributed by atoms with Crippen LogP contribution in [0.1, 0.15) is 56.7 Å². The molecule has 106 valence electrons. The Morgan fingerprint density at radius 1 is 1.16 bits per heavy atom. The Bertz CT molecular complexity index is 400. The molecule has 1 unspecified atom stereocenters. The van der Waals surface area contributed by atoms with E-state index in [2.05, 4.69) is 25.8 Å². The fourth-order valence-electron chi connectivity index (χ4n) is 3.43. The summed E-state index contributed by atoms with van der Waals surface area (Å²) in [4.78, 5) is 4.20. The van der Waals surface area contributed by atoms with Gasteiger partial charge in [0.1, 0.15) is 5.82 Å². The van der Waals surface area contributed by atoms with Gasteiger partial charge in [-0.2, -0.15) is 0 Å². The molecule has 1 heterocycles. The first kappa shape index (κ1) is 14.3. The molecule has 1 aromatic heterocycles. The van der Waals surface area contributed by atoms with Gasteiger partial charge >= 0.3 is 0 Å². The zero-order chi connectivity index (χ0) is 14.0. The summed E-state index contributed by atoms with van der Waals surface area (Å²) in [5, 5.41) is 0. The van der Waals surface area contributed by atoms with Crippen LogP contribution in [-0.2, 0) is 0 Å². The molecule has 0 amide bonds. The molecule has 0 saturated heterocycles. The topological polar surface area (TPSA) is 64.9 Å². The fourth-order valence-corrected chi connectivity index (χ4v) is 3.43. The van der Waals surface area contributed by atoms with E-state index in [0.29, 0.717) is 11.7 Å². The number of aromatic nitrogens is 1. The van der Waals surface area contributed by atoms with Gasteiger partial charge in [-0.3, -0.25) is 0 Å². The van der Waals surface area contributed by atoms with E-state index in [-0.39, 0.29) is 6.04 Å². The van der Waals surface area contributed by atoms with Crippen LogP contribution in [0.5, 0.6) is 0 Å². The van der Waals surface area contributed by atoms with Gasteiger partial charge in [-0.25, -0.2) is 4.98 Å². The smallest absolute Gasteiger partial charge is 0.128 e. The molecule has 3 heteroatoms. The van der Waals surface area contributed by atoms with Crippen LogP contribution in [0.4, 0.5) is 5.82 Å². The highest BCUT2D eigenvalue weighted by Gasteiger charge is 2.29. The van der Waals surface area contributed by atoms with Gasteiger partial charge in [0.25, 0.3) is 0 Å². The fraction of sp³-hybridized carbons (Fsp3) is 0.688. The Hall–Kier alpha value is -1.09. The maximum Gasteiger partial charge on any atom is 0.128 e. The number of nitrogen functional groups attached to an aromatic ring is 1. The summed E-state index contributed by atoms with van der Waals surface area (Å²) < 4.78 is 0. The van der Waals surface area contributed by atoms with Crippen molar-refractivity contribution in [1.82, 2.24) is 4.98 Å². The van der Waals surface area contributed by atoms with E-state index >= 15 is 0 Å². The molecule has 1 fully saturated rings. The van der Waals surface area contributed by atoms with E-state index in [9.17, 15) is 0 Å². The Kier molecular flexibility index (Phi) is 4.46. The van der Waals surface area contributed by atoms with E-state index in [4.69, 9.17) is 11.5 Å². The second-order valence-corrected chi connectivity index (χ2v) is 6.37. The van der Waals surface area contributed by atoms with Gasteiger partial charge in [-0.15, -0.1) is 0 Å². The maximum absolute atomic E-state index is 6.47. The van der Waals surface area contributed by atoms with Gasteiger partial charge in [0.15, 0.2) is 0 Å². The van der Waals surface area contributed by atoms with Crippen LogP contribution in [0.2, 0.25) is 0 Å². The van der Waals surface area contributed by atoms with Crippen molar-refractivity contribution < 1.29 is 0 Å². The summed E-state index contributed by atoms with van der Waals surface area (Å²) in [6.45, 7) is 6.73. The van der Waals surface area contributed by atoms with Gasteiger partial charge in [-0.1, -0.05) is 13.8 Å². The predicted molar refractivity (Wildman–Crippen MR) is 80.6 cm³/mol. The molecular weight excluding hydrogens is 234 g/mol. The van der Waals surface area contributed by atoms with Gasteiger partial charge in [0.2, 0.25) is 0 Å². The van der Waals surface area contributed by atoms with Crippen LogP contribution >= 0.6 is 0 Å². The standard InChI is InChI=1S/C16H27N3/c1-10(2)12-4-6-13(7-5-12)15(17)14-11(3)8-9-19-16(14)18/h8-10,12-13,15H,4-7,17H2,1-3H3,(H2,18,19). The third kappa shape index (κ3) is 3.08. The van der Waals surface area contributed by atoms with Crippen LogP contribution in [-0.4, -0.2) is 4.98 Å². The zero-order valence-electron chi connectivity index (χ0n) is 12.4. The van der Waals surface area contributed by atoms with Crippen LogP contribution in [0.25, 0.3) is 0 Å². The van der Waals surface area contributed by atoms with E-state index in [1.165, 1.54) is 31.2 Å². The highest BCUT2D eigenvalue weighted by Crippen LogP contribution is 2.39. The lowest BCUT2D eigenvalue weighted by Crippen LogP contribution is -2.28. The molecular formula is C16H27N3. The molecule has 1 aliphatic rings. The monoisotopic (exact) mass is 261 g/mol. The SMILES string of the molecule is Cc1ccnc(N)c1C(N)C1CCC(C(C)C)CC1. The molecule has 0 spiro atoms. The third-order valence-corrected chi connectivity index (χ3v) is 4.84. The van der Waals surface area contributed by atoms with Crippen molar-refractivity contribution in [3.05, 3.63) is 23.4 Å². The largest absolute Gasteiger partial charge is 0.383 e. The Morgan fingerprint density at radius 3 is 2.26 bits per heavy atom. The first-order valence-corrected chi connectivity index (χ1v) is 7.47. The number of nitrogens with zero attached hydrogens (tertiary/aromatic N) is 1. The van der Waals surface area contributed by atoms with Crippen molar-refractivity contribution in [2.45, 2.75) is 52.5 Å². The first-order chi connectivity index (χ1) is 9.00. The number of aryl methyl sites for hydroxylation is 1. The summed E-state index contributed by atoms with van der Waals surface area (Å²) in [6, 6.07) is 2.05. The first-order valence-electron chi connectivity index (χ1n) is 7.47. The van der Waals surface area contributed by atoms with Gasteiger partial charge < -0.3 is 11.5 Å². The van der Waals surface area contributed by atoms with Crippen molar-refractivity contribution in [3.8, 4) is 0 Å². The van der Waals surface area contributed by atoms with Gasteiger partial charge in [0.05, 0.1) is 0 Å². The second-order valence-electron chi connectivity index (χ2n) is 6.37. The predicted octanol–water partition coefficient (Wildman–Crippen LogP) is 3.43. The molecule has 4 N–H and O–H groups in total. The molecule has 1 aromatic rings. The molecule has 2 rings (SSSR count). The average molecular weight is 261 g/mol. The van der Waals surface area contributed by atoms with Gasteiger partial charge in [-0.05, 0) is 62.0 Å². The average Bonchev–Trinajstić information content (AvgIpc) is 2.38. The van der Waals surface area contributed by atoms with Crippen molar-refractivity contribution in [2.75, 3.05) is 5.73 Å². The molecule has 0 radical (unpaired) electrons. The third-order valence-electron chi connectivity index (χ3n) is 4.84. The number of hydrogen-bond donors (Lipinski definition) is 2. The van der Waals surface area contributed by atoms with E-state index in [1.54, 1.807) is 6.20 Å². The number of hydrogen-bond acceptors (Lipinski definition) is 3. The van der Waals surface area contributed by atoms with Crippen molar-refractivity contribution in [1.29, 1.82) is 0 Å². The quantitative estimate of drug-likeness (QED) is 0.876. The number of nitrogens with two attached hydrogens (primary N) is 2. The summed E-state index contributed by atoms with van der Waals surface area (Å²) in [6.07, 6.45) is 6.80. The number of anilines is 1. The van der Waals surface area contributed by atoms with Gasteiger partial charge in [0, 0.05) is 17.8 Å². The van der Waals surface area contributed by atoms with Crippen LogP contribution < -0.4 is 11.5 Å². The summed E-state index contributed by atoms with van der Waals surface area (Å²) >= 11 is 0. The summed E-state index contributed by atoms with van der Waals surface area (Å²) in [5.41, 5.74) is 14.7. The van der Waals surface area contributed by atoms with Crippen LogP contribution in [0.15, 0.2) is 12.3 Å². The molecule has 1 atom stereocenters.